The number of phenolic OH excluding ortho intramolecular Hbond substituents is 1. The Bertz CT molecular complexity index is 799. The number of aromatic hydroxyl groups is 1. The van der Waals surface area contributed by atoms with E-state index < -0.39 is 0 Å². The molecule has 0 amide bonds. The average molecular weight is 321 g/mol. The van der Waals surface area contributed by atoms with Crippen molar-refractivity contribution in [3.63, 3.8) is 0 Å². The van der Waals surface area contributed by atoms with E-state index in [-0.39, 0.29) is 5.75 Å². The molecule has 3 aromatic rings. The Labute approximate surface area is 140 Å². The van der Waals surface area contributed by atoms with Crippen LogP contribution in [-0.4, -0.2) is 23.6 Å². The Morgan fingerprint density at radius 3 is 2.57 bits per heavy atom. The number of hydrogen-bond acceptors (Lipinski definition) is 3. The summed E-state index contributed by atoms with van der Waals surface area (Å²) in [7, 11) is 0. The Morgan fingerprint density at radius 1 is 0.913 bits per heavy atom. The van der Waals surface area contributed by atoms with Gasteiger partial charge in [-0.15, -0.1) is 0 Å². The molecule has 3 aromatic carbocycles. The summed E-state index contributed by atoms with van der Waals surface area (Å²) in [6, 6.07) is 22.2. The lowest BCUT2D eigenvalue weighted by atomic mass is 10.0. The zero-order chi connectivity index (χ0) is 15.9. The summed E-state index contributed by atoms with van der Waals surface area (Å²) in [6.45, 7) is 0.750. The number of phenols is 1. The smallest absolute Gasteiger partial charge is 0.124 e. The Hall–Kier alpha value is -2.26. The monoisotopic (exact) mass is 321 g/mol. The number of rotatable bonds is 6. The number of hydrogen-bond donors (Lipinski definition) is 1. The average Bonchev–Trinajstić information content (AvgIpc) is 2.60. The maximum Gasteiger partial charge on any atom is 0.124 e. The van der Waals surface area contributed by atoms with E-state index in [1.54, 1.807) is 12.3 Å². The van der Waals surface area contributed by atoms with Gasteiger partial charge in [-0.3, -0.25) is 4.99 Å². The van der Waals surface area contributed by atoms with Gasteiger partial charge in [-0.05, 0) is 22.4 Å². The van der Waals surface area contributed by atoms with E-state index in [1.165, 1.54) is 5.56 Å². The molecular formula is C20H19NOS. The summed E-state index contributed by atoms with van der Waals surface area (Å²) in [6.07, 6.45) is 1.79. The molecule has 2 nitrogen and oxygen atoms in total. The third kappa shape index (κ3) is 4.14. The van der Waals surface area contributed by atoms with Crippen molar-refractivity contribution in [2.45, 2.75) is 5.75 Å². The van der Waals surface area contributed by atoms with Crippen LogP contribution in [0.2, 0.25) is 0 Å². The van der Waals surface area contributed by atoms with Crippen molar-refractivity contribution in [2.75, 3.05) is 12.3 Å². The first-order chi connectivity index (χ1) is 11.3. The normalized spacial score (nSPS) is 11.3. The van der Waals surface area contributed by atoms with E-state index in [0.29, 0.717) is 0 Å². The van der Waals surface area contributed by atoms with Crippen LogP contribution >= 0.6 is 11.8 Å². The molecule has 116 valence electrons. The quantitative estimate of drug-likeness (QED) is 0.517. The van der Waals surface area contributed by atoms with Crippen LogP contribution in [0, 0.1) is 0 Å². The first-order valence-corrected chi connectivity index (χ1v) is 8.82. The molecule has 0 spiro atoms. The standard InChI is InChI=1S/C20H19NOS/c22-20-11-10-17-8-4-5-9-18(17)19(20)14-21-12-13-23-15-16-6-2-1-3-7-16/h1-11,14,22H,12-13,15H2. The first kappa shape index (κ1) is 15.6. The molecular weight excluding hydrogens is 302 g/mol. The number of nitrogens with zero attached hydrogens (tertiary/aromatic N) is 1. The van der Waals surface area contributed by atoms with Crippen LogP contribution in [0.15, 0.2) is 71.7 Å². The molecule has 0 atom stereocenters. The van der Waals surface area contributed by atoms with Gasteiger partial charge in [0, 0.05) is 29.8 Å². The Balaban J connectivity index is 1.57. The van der Waals surface area contributed by atoms with Crippen LogP contribution in [0.4, 0.5) is 0 Å². The minimum absolute atomic E-state index is 0.282. The number of aliphatic imine (C=N–C) groups is 1. The molecule has 0 unspecified atom stereocenters. The van der Waals surface area contributed by atoms with E-state index in [0.717, 1.165) is 34.4 Å². The van der Waals surface area contributed by atoms with E-state index in [1.807, 2.05) is 48.2 Å². The molecule has 3 heteroatoms. The van der Waals surface area contributed by atoms with E-state index in [9.17, 15) is 5.11 Å². The second kappa shape index (κ2) is 7.84. The largest absolute Gasteiger partial charge is 0.507 e. The highest BCUT2D eigenvalue weighted by Crippen LogP contribution is 2.25. The highest BCUT2D eigenvalue weighted by Gasteiger charge is 2.03. The van der Waals surface area contributed by atoms with Crippen molar-refractivity contribution in [3.8, 4) is 5.75 Å². The molecule has 0 aliphatic heterocycles. The van der Waals surface area contributed by atoms with Gasteiger partial charge in [-0.1, -0.05) is 60.7 Å². The highest BCUT2D eigenvalue weighted by molar-refractivity contribution is 7.98. The van der Waals surface area contributed by atoms with Gasteiger partial charge in [0.2, 0.25) is 0 Å². The second-order valence-electron chi connectivity index (χ2n) is 5.29. The SMILES string of the molecule is Oc1ccc2ccccc2c1C=NCCSCc1ccccc1. The Kier molecular flexibility index (Phi) is 5.33. The molecule has 0 aliphatic rings. The van der Waals surface area contributed by atoms with Crippen LogP contribution in [0.1, 0.15) is 11.1 Å². The van der Waals surface area contributed by atoms with Crippen LogP contribution in [0.5, 0.6) is 5.75 Å². The second-order valence-corrected chi connectivity index (χ2v) is 6.40. The van der Waals surface area contributed by atoms with Crippen molar-refractivity contribution in [1.82, 2.24) is 0 Å². The van der Waals surface area contributed by atoms with Gasteiger partial charge in [-0.25, -0.2) is 0 Å². The predicted octanol–water partition coefficient (Wildman–Crippen LogP) is 4.90. The molecule has 23 heavy (non-hydrogen) atoms. The van der Waals surface area contributed by atoms with E-state index in [2.05, 4.69) is 29.3 Å². The zero-order valence-corrected chi connectivity index (χ0v) is 13.7. The van der Waals surface area contributed by atoms with Gasteiger partial charge >= 0.3 is 0 Å². The molecule has 0 aromatic heterocycles. The minimum atomic E-state index is 0.282. The van der Waals surface area contributed by atoms with Gasteiger partial charge in [-0.2, -0.15) is 11.8 Å². The number of fused-ring (bicyclic) bond motifs is 1. The zero-order valence-electron chi connectivity index (χ0n) is 12.9. The molecule has 0 heterocycles. The fourth-order valence-corrected chi connectivity index (χ4v) is 3.26. The lowest BCUT2D eigenvalue weighted by Crippen LogP contribution is -1.91. The molecule has 0 radical (unpaired) electrons. The molecule has 0 saturated carbocycles. The summed E-state index contributed by atoms with van der Waals surface area (Å²) >= 11 is 1.87. The van der Waals surface area contributed by atoms with Crippen molar-refractivity contribution in [1.29, 1.82) is 0 Å². The summed E-state index contributed by atoms with van der Waals surface area (Å²) in [5.41, 5.74) is 2.14. The minimum Gasteiger partial charge on any atom is -0.507 e. The summed E-state index contributed by atoms with van der Waals surface area (Å²) in [5, 5.41) is 12.2. The summed E-state index contributed by atoms with van der Waals surface area (Å²) in [5.74, 6) is 2.26. The topological polar surface area (TPSA) is 32.6 Å². The number of thioether (sulfide) groups is 1. The molecule has 0 fully saturated rings. The van der Waals surface area contributed by atoms with E-state index in [4.69, 9.17) is 0 Å². The maximum absolute atomic E-state index is 10.1. The van der Waals surface area contributed by atoms with Gasteiger partial charge in [0.15, 0.2) is 0 Å². The fourth-order valence-electron chi connectivity index (χ4n) is 2.46. The molecule has 3 rings (SSSR count). The van der Waals surface area contributed by atoms with Crippen molar-refractivity contribution in [3.05, 3.63) is 77.9 Å². The van der Waals surface area contributed by atoms with Crippen LogP contribution in [-0.2, 0) is 5.75 Å². The van der Waals surface area contributed by atoms with Crippen molar-refractivity contribution >= 4 is 28.7 Å². The van der Waals surface area contributed by atoms with Gasteiger partial charge < -0.3 is 5.11 Å². The van der Waals surface area contributed by atoms with Gasteiger partial charge in [0.1, 0.15) is 5.75 Å². The third-order valence-electron chi connectivity index (χ3n) is 3.64. The maximum atomic E-state index is 10.1. The Morgan fingerprint density at radius 2 is 1.70 bits per heavy atom. The summed E-state index contributed by atoms with van der Waals surface area (Å²) < 4.78 is 0. The van der Waals surface area contributed by atoms with Gasteiger partial charge in [0.05, 0.1) is 0 Å². The first-order valence-electron chi connectivity index (χ1n) is 7.67. The number of benzene rings is 3. The predicted molar refractivity (Wildman–Crippen MR) is 101 cm³/mol. The molecule has 0 bridgehead atoms. The van der Waals surface area contributed by atoms with E-state index >= 15 is 0 Å². The fraction of sp³-hybridized carbons (Fsp3) is 0.150. The lowest BCUT2D eigenvalue weighted by molar-refractivity contribution is 0.475. The molecule has 0 saturated heterocycles. The molecule has 1 N–H and O–H groups in total. The van der Waals surface area contributed by atoms with Crippen LogP contribution in [0.25, 0.3) is 10.8 Å². The van der Waals surface area contributed by atoms with Crippen LogP contribution in [0.3, 0.4) is 0 Å². The molecule has 0 aliphatic carbocycles. The van der Waals surface area contributed by atoms with Gasteiger partial charge in [0.25, 0.3) is 0 Å². The summed E-state index contributed by atoms with van der Waals surface area (Å²) in [4.78, 5) is 4.48. The van der Waals surface area contributed by atoms with Crippen molar-refractivity contribution < 1.29 is 5.11 Å². The van der Waals surface area contributed by atoms with Crippen LogP contribution < -0.4 is 0 Å². The lowest BCUT2D eigenvalue weighted by Gasteiger charge is -2.04. The van der Waals surface area contributed by atoms with Crippen molar-refractivity contribution in [2.24, 2.45) is 4.99 Å². The highest BCUT2D eigenvalue weighted by atomic mass is 32.2. The third-order valence-corrected chi connectivity index (χ3v) is 4.65.